The molecule has 0 N–H and O–H groups in total. The highest BCUT2D eigenvalue weighted by atomic mass is 35.7. The molecule has 0 radical (unpaired) electrons. The van der Waals surface area contributed by atoms with E-state index in [2.05, 4.69) is 14.5 Å². The maximum Gasteiger partial charge on any atom is 0.203 e. The van der Waals surface area contributed by atoms with Gasteiger partial charge in [-0.2, -0.15) is 0 Å². The fourth-order valence-corrected chi connectivity index (χ4v) is 2.16. The van der Waals surface area contributed by atoms with Crippen LogP contribution in [0.3, 0.4) is 0 Å². The molecule has 1 aliphatic heterocycles. The summed E-state index contributed by atoms with van der Waals surface area (Å²) >= 11 is 0. The molecule has 0 atom stereocenters. The van der Waals surface area contributed by atoms with E-state index in [1.807, 2.05) is 64.6 Å². The number of hydrogen-bond donors (Lipinski definition) is 0. The summed E-state index contributed by atoms with van der Waals surface area (Å²) in [6.45, 7) is 0. The molecule has 25 heavy (non-hydrogen) atoms. The van der Waals surface area contributed by atoms with Gasteiger partial charge in [0.15, 0.2) is 11.3 Å². The highest BCUT2D eigenvalue weighted by Gasteiger charge is 2.11. The average Bonchev–Trinajstić information content (AvgIpc) is 2.50. The number of anilines is 1. The van der Waals surface area contributed by atoms with Crippen molar-refractivity contribution in [2.24, 2.45) is 0 Å². The summed E-state index contributed by atoms with van der Waals surface area (Å²) in [6.07, 6.45) is 0. The van der Waals surface area contributed by atoms with Crippen LogP contribution in [0.25, 0.3) is 22.6 Å². The van der Waals surface area contributed by atoms with E-state index in [-0.39, 0.29) is 0 Å². The molecule has 0 saturated heterocycles. The summed E-state index contributed by atoms with van der Waals surface area (Å²) in [7, 11) is 3.11. The summed E-state index contributed by atoms with van der Waals surface area (Å²) < 4.78 is 42.0. The molecule has 8 nitrogen and oxygen atoms in total. The minimum absolute atomic E-state index is 0.805. The van der Waals surface area contributed by atoms with Crippen molar-refractivity contribution in [3.05, 3.63) is 41.8 Å². The molecule has 134 valence electrons. The number of rotatable bonds is 1. The molecular formula is C16H18ClN3O5. The Bertz CT molecular complexity index is 908. The molecule has 0 amide bonds. The molecule has 1 aromatic carbocycles. The lowest BCUT2D eigenvalue weighted by Crippen LogP contribution is -2.68. The van der Waals surface area contributed by atoms with Gasteiger partial charge in [-0.25, -0.2) is 28.2 Å². The maximum atomic E-state index is 8.49. The zero-order valence-corrected chi connectivity index (χ0v) is 15.0. The summed E-state index contributed by atoms with van der Waals surface area (Å²) in [5.41, 5.74) is 3.66. The van der Waals surface area contributed by atoms with Crippen molar-refractivity contribution < 1.29 is 33.3 Å². The molecule has 0 fully saturated rings. The number of aromatic nitrogens is 1. The first-order chi connectivity index (χ1) is 11.5. The van der Waals surface area contributed by atoms with Crippen molar-refractivity contribution in [2.75, 3.05) is 33.1 Å². The Morgan fingerprint density at radius 3 is 2.20 bits per heavy atom. The van der Waals surface area contributed by atoms with Gasteiger partial charge in [0.05, 0.1) is 6.07 Å². The van der Waals surface area contributed by atoms with Crippen LogP contribution in [-0.2, 0) is 0 Å². The predicted octanol–water partition coefficient (Wildman–Crippen LogP) is -2.73. The first-order valence-electron chi connectivity index (χ1n) is 7.18. The third-order valence-corrected chi connectivity index (χ3v) is 3.38. The van der Waals surface area contributed by atoms with E-state index in [0.29, 0.717) is 0 Å². The van der Waals surface area contributed by atoms with Crippen molar-refractivity contribution in [3.8, 4) is 11.5 Å². The van der Waals surface area contributed by atoms with Gasteiger partial charge >= 0.3 is 0 Å². The van der Waals surface area contributed by atoms with E-state index < -0.39 is 10.2 Å². The molecule has 0 saturated carbocycles. The highest BCUT2D eigenvalue weighted by Crippen LogP contribution is 2.26. The summed E-state index contributed by atoms with van der Waals surface area (Å²) in [4.78, 5) is 6.70. The molecule has 1 heterocycles. The van der Waals surface area contributed by atoms with Gasteiger partial charge in [-0.05, 0) is 18.2 Å². The van der Waals surface area contributed by atoms with Gasteiger partial charge in [0.25, 0.3) is 0 Å². The smallest absolute Gasteiger partial charge is 0.203 e. The first kappa shape index (κ1) is 19.1. The zero-order valence-electron chi connectivity index (χ0n) is 14.2. The summed E-state index contributed by atoms with van der Waals surface area (Å²) in [5.74, 6) is 0.805. The number of fused-ring (bicyclic) bond motifs is 2. The van der Waals surface area contributed by atoms with Gasteiger partial charge in [-0.3, -0.25) is 0 Å². The Labute approximate surface area is 146 Å². The Morgan fingerprint density at radius 2 is 1.64 bits per heavy atom. The van der Waals surface area contributed by atoms with E-state index >= 15 is 0 Å². The standard InChI is InChI=1S/C16H18N3O.ClHO4/c1-18(2)11-5-7-13-15(9-11)20-16-10-12(19(3)4)6-8-14(16)17-13;2-1(3,4)5/h5-10H,1-4H3;(H,2,3,4,5)/q+1;/p-1. The molecule has 2 aliphatic rings. The van der Waals surface area contributed by atoms with Gasteiger partial charge in [-0.15, -0.1) is 10.2 Å². The lowest BCUT2D eigenvalue weighted by atomic mass is 10.2. The van der Waals surface area contributed by atoms with E-state index in [9.17, 15) is 0 Å². The Morgan fingerprint density at radius 1 is 1.00 bits per heavy atom. The Hall–Kier alpha value is -2.23. The van der Waals surface area contributed by atoms with Crippen LogP contribution in [0.4, 0.5) is 5.69 Å². The van der Waals surface area contributed by atoms with Gasteiger partial charge in [0, 0.05) is 31.9 Å². The van der Waals surface area contributed by atoms with E-state index in [0.717, 1.165) is 33.6 Å². The van der Waals surface area contributed by atoms with Crippen LogP contribution in [0.5, 0.6) is 0 Å². The fourth-order valence-electron chi connectivity index (χ4n) is 2.16. The molecule has 1 aromatic rings. The van der Waals surface area contributed by atoms with Crippen LogP contribution >= 0.6 is 0 Å². The Kier molecular flexibility index (Phi) is 5.61. The lowest BCUT2D eigenvalue weighted by molar-refractivity contribution is -2.00. The monoisotopic (exact) mass is 367 g/mol. The minimum atomic E-state index is -4.94. The number of halogens is 1. The van der Waals surface area contributed by atoms with Crippen LogP contribution in [0.15, 0.2) is 40.8 Å². The normalized spacial score (nSPS) is 11.2. The van der Waals surface area contributed by atoms with Crippen molar-refractivity contribution in [2.45, 2.75) is 0 Å². The van der Waals surface area contributed by atoms with Gasteiger partial charge < -0.3 is 9.32 Å². The van der Waals surface area contributed by atoms with Crippen molar-refractivity contribution in [1.82, 2.24) is 9.56 Å². The largest absolute Gasteiger partial charge is 0.452 e. The molecule has 1 aliphatic carbocycles. The van der Waals surface area contributed by atoms with Crippen molar-refractivity contribution in [1.29, 1.82) is 0 Å². The van der Waals surface area contributed by atoms with E-state index in [1.165, 1.54) is 0 Å². The minimum Gasteiger partial charge on any atom is -0.452 e. The second-order valence-corrected chi connectivity index (χ2v) is 6.44. The SMILES string of the molecule is CN(C)c1ccc2nc3ccc(=[N+](C)C)cc-3oc2c1.[O-][Cl+3]([O-])([O-])[O-]. The quantitative estimate of drug-likeness (QED) is 0.338. The zero-order chi connectivity index (χ0) is 18.8. The fraction of sp³-hybridized carbons (Fsp3) is 0.250. The van der Waals surface area contributed by atoms with Crippen LogP contribution in [0, 0.1) is 10.2 Å². The molecule has 0 bridgehead atoms. The highest BCUT2D eigenvalue weighted by molar-refractivity contribution is 5.79. The second kappa shape index (κ2) is 7.34. The predicted molar refractivity (Wildman–Crippen MR) is 82.1 cm³/mol. The van der Waals surface area contributed by atoms with Gasteiger partial charge in [0.1, 0.15) is 25.3 Å². The van der Waals surface area contributed by atoms with Crippen LogP contribution in [0.1, 0.15) is 0 Å². The topological polar surface area (TPSA) is 125 Å². The summed E-state index contributed by atoms with van der Waals surface area (Å²) in [5, 5.41) is 1.10. The third kappa shape index (κ3) is 5.38. The van der Waals surface area contributed by atoms with E-state index in [1.54, 1.807) is 0 Å². The molecule has 9 heteroatoms. The van der Waals surface area contributed by atoms with E-state index in [4.69, 9.17) is 23.1 Å². The third-order valence-electron chi connectivity index (χ3n) is 3.38. The molecule has 3 rings (SSSR count). The van der Waals surface area contributed by atoms with Crippen LogP contribution in [-0.4, -0.2) is 33.2 Å². The van der Waals surface area contributed by atoms with Gasteiger partial charge in [-0.1, -0.05) is 0 Å². The van der Waals surface area contributed by atoms with Crippen molar-refractivity contribution >= 4 is 16.8 Å². The molecule has 0 spiro atoms. The number of hydrogen-bond acceptors (Lipinski definition) is 7. The molecule has 0 unspecified atom stereocenters. The first-order valence-corrected chi connectivity index (χ1v) is 8.42. The van der Waals surface area contributed by atoms with Crippen LogP contribution < -0.4 is 33.5 Å². The number of benzene rings is 2. The summed E-state index contributed by atoms with van der Waals surface area (Å²) in [6, 6.07) is 12.1. The average molecular weight is 368 g/mol. The maximum absolute atomic E-state index is 8.49. The Balaban J connectivity index is 0.000000399. The van der Waals surface area contributed by atoms with Crippen molar-refractivity contribution in [3.63, 3.8) is 0 Å². The second-order valence-electron chi connectivity index (χ2n) is 5.68. The molecule has 0 aromatic heterocycles. The molecular weight excluding hydrogens is 350 g/mol. The van der Waals surface area contributed by atoms with Crippen LogP contribution in [0.2, 0.25) is 0 Å². The number of nitrogens with zero attached hydrogens (tertiary/aromatic N) is 3. The van der Waals surface area contributed by atoms with Gasteiger partial charge in [0.2, 0.25) is 5.36 Å². The lowest BCUT2D eigenvalue weighted by Gasteiger charge is -2.17.